The minimum atomic E-state index is 0. The van der Waals surface area contributed by atoms with Crippen molar-refractivity contribution in [1.82, 2.24) is 4.90 Å². The minimum Gasteiger partial charge on any atom is -0.497 e. The molecular weight excluding hydrogens is 358 g/mol. The van der Waals surface area contributed by atoms with E-state index in [-0.39, 0.29) is 12.4 Å². The monoisotopic (exact) mass is 389 g/mol. The summed E-state index contributed by atoms with van der Waals surface area (Å²) >= 11 is 0. The lowest BCUT2D eigenvalue weighted by Crippen LogP contribution is -2.35. The van der Waals surface area contributed by atoms with Gasteiger partial charge >= 0.3 is 0 Å². The van der Waals surface area contributed by atoms with Crippen molar-refractivity contribution in [1.29, 1.82) is 0 Å². The largest absolute Gasteiger partial charge is 0.497 e. The second-order valence-corrected chi connectivity index (χ2v) is 7.29. The van der Waals surface area contributed by atoms with Crippen molar-refractivity contribution in [3.05, 3.63) is 59.7 Å². The highest BCUT2D eigenvalue weighted by molar-refractivity contribution is 5.85. The van der Waals surface area contributed by atoms with Crippen molar-refractivity contribution in [3.8, 4) is 11.5 Å². The molecular formula is C23H32ClNO2. The summed E-state index contributed by atoms with van der Waals surface area (Å²) in [6.45, 7) is 2.26. The lowest BCUT2D eigenvalue weighted by Gasteiger charge is -2.30. The Morgan fingerprint density at radius 2 is 1.70 bits per heavy atom. The number of likely N-dealkylation sites (tertiary alicyclic amines) is 1. The van der Waals surface area contributed by atoms with Crippen LogP contribution in [0.15, 0.2) is 48.5 Å². The first-order valence-electron chi connectivity index (χ1n) is 9.80. The summed E-state index contributed by atoms with van der Waals surface area (Å²) in [5.74, 6) is 2.03. The number of ether oxygens (including phenoxy) is 2. The quantitative estimate of drug-likeness (QED) is 0.582. The molecule has 27 heavy (non-hydrogen) atoms. The van der Waals surface area contributed by atoms with Crippen molar-refractivity contribution in [2.24, 2.45) is 0 Å². The molecule has 0 aromatic heterocycles. The molecule has 148 valence electrons. The molecule has 0 atom stereocenters. The first-order valence-corrected chi connectivity index (χ1v) is 9.80. The van der Waals surface area contributed by atoms with Crippen molar-refractivity contribution in [3.63, 3.8) is 0 Å². The zero-order valence-corrected chi connectivity index (χ0v) is 17.3. The zero-order valence-electron chi connectivity index (χ0n) is 16.5. The van der Waals surface area contributed by atoms with Crippen molar-refractivity contribution >= 4 is 12.4 Å². The molecule has 1 heterocycles. The Hall–Kier alpha value is -1.71. The highest BCUT2D eigenvalue weighted by Crippen LogP contribution is 2.25. The fourth-order valence-corrected chi connectivity index (χ4v) is 3.58. The molecule has 3 nitrogen and oxygen atoms in total. The van der Waals surface area contributed by atoms with Gasteiger partial charge in [-0.15, -0.1) is 12.4 Å². The number of piperidine rings is 1. The molecule has 0 saturated carbocycles. The molecule has 0 bridgehead atoms. The Morgan fingerprint density at radius 1 is 0.963 bits per heavy atom. The van der Waals surface area contributed by atoms with E-state index in [0.29, 0.717) is 6.10 Å². The summed E-state index contributed by atoms with van der Waals surface area (Å²) in [7, 11) is 3.91. The summed E-state index contributed by atoms with van der Waals surface area (Å²) in [5, 5.41) is 0. The topological polar surface area (TPSA) is 21.7 Å². The summed E-state index contributed by atoms with van der Waals surface area (Å²) in [5.41, 5.74) is 2.69. The van der Waals surface area contributed by atoms with E-state index in [0.717, 1.165) is 50.3 Å². The van der Waals surface area contributed by atoms with E-state index < -0.39 is 0 Å². The van der Waals surface area contributed by atoms with Gasteiger partial charge in [-0.05, 0) is 74.9 Å². The normalized spacial score (nSPS) is 15.2. The van der Waals surface area contributed by atoms with Gasteiger partial charge in [0.2, 0.25) is 0 Å². The number of para-hydroxylation sites is 1. The van der Waals surface area contributed by atoms with Crippen LogP contribution in [0, 0.1) is 0 Å². The van der Waals surface area contributed by atoms with Crippen LogP contribution in [-0.2, 0) is 12.8 Å². The van der Waals surface area contributed by atoms with Crippen LogP contribution in [0.5, 0.6) is 11.5 Å². The Bertz CT molecular complexity index is 684. The summed E-state index contributed by atoms with van der Waals surface area (Å²) in [6, 6.07) is 16.9. The molecule has 0 N–H and O–H groups in total. The highest BCUT2D eigenvalue weighted by Gasteiger charge is 2.18. The zero-order chi connectivity index (χ0) is 18.2. The van der Waals surface area contributed by atoms with Crippen LogP contribution in [0.2, 0.25) is 0 Å². The Kier molecular flexibility index (Phi) is 8.96. The maximum absolute atomic E-state index is 6.34. The Balaban J connectivity index is 0.00000261. The van der Waals surface area contributed by atoms with Gasteiger partial charge in [-0.25, -0.2) is 0 Å². The number of halogens is 1. The SMILES string of the molecule is COc1cccc(CCCCc2ccccc2OC2CCN(C)CC2)c1.Cl. The number of unbranched alkanes of at least 4 members (excludes halogenated alkanes) is 1. The van der Waals surface area contributed by atoms with Gasteiger partial charge in [-0.3, -0.25) is 0 Å². The van der Waals surface area contributed by atoms with E-state index in [4.69, 9.17) is 9.47 Å². The lowest BCUT2D eigenvalue weighted by atomic mass is 10.0. The first kappa shape index (κ1) is 21.6. The fraction of sp³-hybridized carbons (Fsp3) is 0.478. The molecule has 0 aliphatic carbocycles. The van der Waals surface area contributed by atoms with Crippen molar-refractivity contribution < 1.29 is 9.47 Å². The van der Waals surface area contributed by atoms with E-state index in [1.54, 1.807) is 7.11 Å². The average Bonchev–Trinajstić information content (AvgIpc) is 2.68. The predicted molar refractivity (Wildman–Crippen MR) is 114 cm³/mol. The van der Waals surface area contributed by atoms with Crippen molar-refractivity contribution in [2.75, 3.05) is 27.2 Å². The van der Waals surface area contributed by atoms with E-state index in [1.165, 1.54) is 24.0 Å². The van der Waals surface area contributed by atoms with E-state index in [2.05, 4.69) is 54.4 Å². The van der Waals surface area contributed by atoms with Crippen LogP contribution in [0.1, 0.15) is 36.8 Å². The molecule has 1 saturated heterocycles. The average molecular weight is 390 g/mol. The summed E-state index contributed by atoms with van der Waals surface area (Å²) in [6.07, 6.45) is 7.13. The third-order valence-corrected chi connectivity index (χ3v) is 5.23. The Labute approximate surface area is 170 Å². The van der Waals surface area contributed by atoms with Crippen LogP contribution < -0.4 is 9.47 Å². The number of aryl methyl sites for hydroxylation is 2. The standard InChI is InChI=1S/C23H31NO2.ClH/c1-24-16-14-21(15-17-24)26-23-13-6-5-11-20(23)10-4-3-8-19-9-7-12-22(18-19)25-2;/h5-7,9,11-13,18,21H,3-4,8,10,14-17H2,1-2H3;1H. The summed E-state index contributed by atoms with van der Waals surface area (Å²) < 4.78 is 11.6. The number of hydrogen-bond donors (Lipinski definition) is 0. The maximum atomic E-state index is 6.34. The number of nitrogens with zero attached hydrogens (tertiary/aromatic N) is 1. The molecule has 1 aliphatic rings. The summed E-state index contributed by atoms with van der Waals surface area (Å²) in [4.78, 5) is 2.38. The smallest absolute Gasteiger partial charge is 0.122 e. The molecule has 0 radical (unpaired) electrons. The molecule has 0 spiro atoms. The van der Waals surface area contributed by atoms with Gasteiger partial charge in [0.05, 0.1) is 7.11 Å². The Morgan fingerprint density at radius 3 is 2.48 bits per heavy atom. The molecule has 3 rings (SSSR count). The van der Waals surface area contributed by atoms with E-state index >= 15 is 0 Å². The lowest BCUT2D eigenvalue weighted by molar-refractivity contribution is 0.113. The van der Waals surface area contributed by atoms with Crippen LogP contribution in [0.4, 0.5) is 0 Å². The maximum Gasteiger partial charge on any atom is 0.122 e. The molecule has 1 aliphatic heterocycles. The van der Waals surface area contributed by atoms with Crippen LogP contribution >= 0.6 is 12.4 Å². The first-order chi connectivity index (χ1) is 12.7. The second kappa shape index (κ2) is 11.2. The van der Waals surface area contributed by atoms with E-state index in [1.807, 2.05) is 6.07 Å². The van der Waals surface area contributed by atoms with Gasteiger partial charge in [-0.2, -0.15) is 0 Å². The molecule has 0 amide bonds. The molecule has 0 unspecified atom stereocenters. The number of methoxy groups -OCH3 is 1. The fourth-order valence-electron chi connectivity index (χ4n) is 3.58. The van der Waals surface area contributed by atoms with Gasteiger partial charge in [0, 0.05) is 13.1 Å². The minimum absolute atomic E-state index is 0. The number of benzene rings is 2. The van der Waals surface area contributed by atoms with Gasteiger partial charge in [-0.1, -0.05) is 30.3 Å². The van der Waals surface area contributed by atoms with Gasteiger partial charge in [0.1, 0.15) is 17.6 Å². The third-order valence-electron chi connectivity index (χ3n) is 5.23. The van der Waals surface area contributed by atoms with Gasteiger partial charge < -0.3 is 14.4 Å². The molecule has 4 heteroatoms. The predicted octanol–water partition coefficient (Wildman–Crippen LogP) is 5.16. The van der Waals surface area contributed by atoms with Crippen LogP contribution in [0.3, 0.4) is 0 Å². The van der Waals surface area contributed by atoms with Crippen LogP contribution in [0.25, 0.3) is 0 Å². The van der Waals surface area contributed by atoms with E-state index in [9.17, 15) is 0 Å². The molecule has 2 aromatic carbocycles. The van der Waals surface area contributed by atoms with Gasteiger partial charge in [0.25, 0.3) is 0 Å². The number of hydrogen-bond acceptors (Lipinski definition) is 3. The van der Waals surface area contributed by atoms with Gasteiger partial charge in [0.15, 0.2) is 0 Å². The second-order valence-electron chi connectivity index (χ2n) is 7.29. The van der Waals surface area contributed by atoms with Crippen molar-refractivity contribution in [2.45, 2.75) is 44.6 Å². The number of rotatable bonds is 8. The molecule has 1 fully saturated rings. The molecule has 2 aromatic rings. The van der Waals surface area contributed by atoms with Crippen LogP contribution in [-0.4, -0.2) is 38.3 Å². The highest BCUT2D eigenvalue weighted by atomic mass is 35.5. The third kappa shape index (κ3) is 6.75.